The van der Waals surface area contributed by atoms with Crippen LogP contribution in [-0.2, 0) is 0 Å². The molecule has 0 spiro atoms. The third kappa shape index (κ3) is 1.83. The molecule has 3 nitrogen and oxygen atoms in total. The molecular formula is C16H14N2O. The zero-order chi connectivity index (χ0) is 13.6. The Balaban J connectivity index is 2.37. The highest BCUT2D eigenvalue weighted by Crippen LogP contribution is 2.30. The van der Waals surface area contributed by atoms with Crippen molar-refractivity contribution in [3.8, 4) is 0 Å². The van der Waals surface area contributed by atoms with Crippen molar-refractivity contribution in [1.82, 2.24) is 0 Å². The summed E-state index contributed by atoms with van der Waals surface area (Å²) in [6.07, 6.45) is 0. The molecule has 3 heteroatoms. The van der Waals surface area contributed by atoms with Crippen molar-refractivity contribution in [2.24, 2.45) is 0 Å². The smallest absolute Gasteiger partial charge is 0.135 e. The largest absolute Gasteiger partial charge is 0.456 e. The topological polar surface area (TPSA) is 60.8 Å². The number of fused-ring (bicyclic) bond motifs is 3. The minimum atomic E-state index is 0.538. The third-order valence-corrected chi connectivity index (χ3v) is 3.34. The van der Waals surface area contributed by atoms with E-state index in [2.05, 4.69) is 0 Å². The van der Waals surface area contributed by atoms with Gasteiger partial charge in [0.2, 0.25) is 0 Å². The van der Waals surface area contributed by atoms with Crippen molar-refractivity contribution in [2.75, 3.05) is 0 Å². The van der Waals surface area contributed by atoms with Crippen LogP contribution in [-0.4, -0.2) is 11.4 Å². The zero-order valence-electron chi connectivity index (χ0n) is 10.9. The standard InChI is InChI=1S/C16H14N2O/c1-9(17)11-3-5-15-13(7-11)14-8-12(10(2)18)4-6-16(14)19-15/h3-8,17-18H,1-2H3. The van der Waals surface area contributed by atoms with Crippen LogP contribution in [0.1, 0.15) is 25.0 Å². The van der Waals surface area contributed by atoms with Gasteiger partial charge in [0, 0.05) is 22.2 Å². The van der Waals surface area contributed by atoms with Gasteiger partial charge in [-0.2, -0.15) is 0 Å². The Labute approximate surface area is 110 Å². The van der Waals surface area contributed by atoms with Gasteiger partial charge in [0.15, 0.2) is 0 Å². The molecule has 1 heterocycles. The Morgan fingerprint density at radius 1 is 0.789 bits per heavy atom. The lowest BCUT2D eigenvalue weighted by Crippen LogP contribution is -1.91. The summed E-state index contributed by atoms with van der Waals surface area (Å²) in [4.78, 5) is 0. The Morgan fingerprint density at radius 3 is 1.58 bits per heavy atom. The van der Waals surface area contributed by atoms with E-state index in [1.165, 1.54) is 0 Å². The van der Waals surface area contributed by atoms with Crippen LogP contribution in [0.25, 0.3) is 21.9 Å². The Kier molecular flexibility index (Phi) is 2.49. The summed E-state index contributed by atoms with van der Waals surface area (Å²) < 4.78 is 5.78. The van der Waals surface area contributed by atoms with E-state index in [-0.39, 0.29) is 0 Å². The van der Waals surface area contributed by atoms with E-state index in [0.717, 1.165) is 33.1 Å². The van der Waals surface area contributed by atoms with E-state index < -0.39 is 0 Å². The summed E-state index contributed by atoms with van der Waals surface area (Å²) in [5.74, 6) is 0. The first-order valence-electron chi connectivity index (χ1n) is 6.13. The molecule has 0 saturated carbocycles. The van der Waals surface area contributed by atoms with Crippen LogP contribution >= 0.6 is 0 Å². The van der Waals surface area contributed by atoms with Crippen LogP contribution < -0.4 is 0 Å². The molecule has 0 bridgehead atoms. The molecule has 0 atom stereocenters. The van der Waals surface area contributed by atoms with Crippen molar-refractivity contribution >= 4 is 33.4 Å². The van der Waals surface area contributed by atoms with Gasteiger partial charge < -0.3 is 15.2 Å². The molecule has 94 valence electrons. The van der Waals surface area contributed by atoms with Gasteiger partial charge in [0.1, 0.15) is 11.2 Å². The minimum Gasteiger partial charge on any atom is -0.456 e. The summed E-state index contributed by atoms with van der Waals surface area (Å²) in [5.41, 5.74) is 4.50. The van der Waals surface area contributed by atoms with E-state index in [9.17, 15) is 0 Å². The number of rotatable bonds is 2. The summed E-state index contributed by atoms with van der Waals surface area (Å²) in [5, 5.41) is 17.4. The molecule has 3 aromatic rings. The van der Waals surface area contributed by atoms with Gasteiger partial charge in [-0.3, -0.25) is 0 Å². The number of nitrogens with one attached hydrogen (secondary N) is 2. The quantitative estimate of drug-likeness (QED) is 0.652. The Hall–Kier alpha value is -2.42. The molecule has 2 N–H and O–H groups in total. The second-order valence-corrected chi connectivity index (χ2v) is 4.77. The molecule has 0 saturated heterocycles. The van der Waals surface area contributed by atoms with Crippen molar-refractivity contribution in [2.45, 2.75) is 13.8 Å². The van der Waals surface area contributed by atoms with Crippen LogP contribution in [0.2, 0.25) is 0 Å². The van der Waals surface area contributed by atoms with Gasteiger partial charge >= 0.3 is 0 Å². The van der Waals surface area contributed by atoms with Gasteiger partial charge in [-0.1, -0.05) is 0 Å². The molecule has 1 aromatic heterocycles. The van der Waals surface area contributed by atoms with E-state index >= 15 is 0 Å². The maximum absolute atomic E-state index is 7.72. The highest BCUT2D eigenvalue weighted by atomic mass is 16.3. The van der Waals surface area contributed by atoms with Crippen molar-refractivity contribution in [1.29, 1.82) is 10.8 Å². The first kappa shape index (κ1) is 11.7. The predicted molar refractivity (Wildman–Crippen MR) is 78.7 cm³/mol. The molecule has 0 radical (unpaired) electrons. The van der Waals surface area contributed by atoms with Crippen molar-refractivity contribution in [3.05, 3.63) is 47.5 Å². The fraction of sp³-hybridized carbons (Fsp3) is 0.125. The summed E-state index contributed by atoms with van der Waals surface area (Å²) in [6.45, 7) is 3.55. The van der Waals surface area contributed by atoms with Crippen LogP contribution in [0.3, 0.4) is 0 Å². The van der Waals surface area contributed by atoms with Crippen molar-refractivity contribution < 1.29 is 4.42 Å². The van der Waals surface area contributed by atoms with Crippen LogP contribution in [0.15, 0.2) is 40.8 Å². The molecular weight excluding hydrogens is 236 g/mol. The molecule has 0 aliphatic heterocycles. The fourth-order valence-corrected chi connectivity index (χ4v) is 2.24. The molecule has 0 unspecified atom stereocenters. The van der Waals surface area contributed by atoms with Crippen LogP contribution in [0, 0.1) is 10.8 Å². The number of furan rings is 1. The lowest BCUT2D eigenvalue weighted by Gasteiger charge is -1.99. The highest BCUT2D eigenvalue weighted by molar-refractivity contribution is 6.10. The van der Waals surface area contributed by atoms with E-state index in [0.29, 0.717) is 11.4 Å². The molecule has 3 rings (SSSR count). The summed E-state index contributed by atoms with van der Waals surface area (Å²) in [6, 6.07) is 11.6. The fourth-order valence-electron chi connectivity index (χ4n) is 2.24. The van der Waals surface area contributed by atoms with Gasteiger partial charge in [-0.05, 0) is 61.4 Å². The number of benzene rings is 2. The van der Waals surface area contributed by atoms with Gasteiger partial charge in [-0.25, -0.2) is 0 Å². The SMILES string of the molecule is CC(=N)c1ccc2oc3ccc(C(C)=N)cc3c2c1. The van der Waals surface area contributed by atoms with Crippen molar-refractivity contribution in [3.63, 3.8) is 0 Å². The van der Waals surface area contributed by atoms with Gasteiger partial charge in [0.25, 0.3) is 0 Å². The molecule has 0 amide bonds. The number of hydrogen-bond donors (Lipinski definition) is 2. The van der Waals surface area contributed by atoms with Gasteiger partial charge in [-0.15, -0.1) is 0 Å². The first-order valence-corrected chi connectivity index (χ1v) is 6.13. The maximum atomic E-state index is 7.72. The molecule has 19 heavy (non-hydrogen) atoms. The predicted octanol–water partition coefficient (Wildman–Crippen LogP) is 4.36. The summed E-state index contributed by atoms with van der Waals surface area (Å²) in [7, 11) is 0. The lowest BCUT2D eigenvalue weighted by molar-refractivity contribution is 0.669. The zero-order valence-corrected chi connectivity index (χ0v) is 10.9. The molecule has 0 fully saturated rings. The van der Waals surface area contributed by atoms with Gasteiger partial charge in [0.05, 0.1) is 0 Å². The first-order chi connectivity index (χ1) is 9.06. The second kappa shape index (κ2) is 4.05. The maximum Gasteiger partial charge on any atom is 0.135 e. The van der Waals surface area contributed by atoms with Crippen LogP contribution in [0.4, 0.5) is 0 Å². The molecule has 0 aliphatic carbocycles. The molecule has 2 aromatic carbocycles. The van der Waals surface area contributed by atoms with E-state index in [1.54, 1.807) is 13.8 Å². The minimum absolute atomic E-state index is 0.538. The number of hydrogen-bond acceptors (Lipinski definition) is 3. The Bertz CT molecular complexity index is 759. The highest BCUT2D eigenvalue weighted by Gasteiger charge is 2.09. The average Bonchev–Trinajstić information content (AvgIpc) is 2.75. The van der Waals surface area contributed by atoms with E-state index in [4.69, 9.17) is 15.2 Å². The summed E-state index contributed by atoms with van der Waals surface area (Å²) >= 11 is 0. The molecule has 0 aliphatic rings. The second-order valence-electron chi connectivity index (χ2n) is 4.77. The lowest BCUT2D eigenvalue weighted by atomic mass is 10.0. The Morgan fingerprint density at radius 2 is 1.21 bits per heavy atom. The average molecular weight is 250 g/mol. The normalized spacial score (nSPS) is 11.1. The van der Waals surface area contributed by atoms with Crippen LogP contribution in [0.5, 0.6) is 0 Å². The van der Waals surface area contributed by atoms with E-state index in [1.807, 2.05) is 36.4 Å². The monoisotopic (exact) mass is 250 g/mol. The third-order valence-electron chi connectivity index (χ3n) is 3.34.